The predicted octanol–water partition coefficient (Wildman–Crippen LogP) is 5.51. The Balaban J connectivity index is 1.29. The number of carbonyl (C=O) groups excluding carboxylic acids is 3. The highest BCUT2D eigenvalue weighted by atomic mass is 16.6. The first-order chi connectivity index (χ1) is 18.3. The summed E-state index contributed by atoms with van der Waals surface area (Å²) in [5.41, 5.74) is 4.25. The number of nitro benzene ring substituents is 1. The van der Waals surface area contributed by atoms with Crippen molar-refractivity contribution in [3.8, 4) is 0 Å². The van der Waals surface area contributed by atoms with Gasteiger partial charge in [-0.3, -0.25) is 24.5 Å². The van der Waals surface area contributed by atoms with Crippen LogP contribution in [0.5, 0.6) is 0 Å². The average Bonchev–Trinajstić information content (AvgIpc) is 2.91. The second kappa shape index (κ2) is 10.4. The number of amides is 1. The van der Waals surface area contributed by atoms with Crippen molar-refractivity contribution >= 4 is 33.9 Å². The highest BCUT2D eigenvalue weighted by molar-refractivity contribution is 6.32. The lowest BCUT2D eigenvalue weighted by atomic mass is 9.76. The molecule has 0 aromatic heterocycles. The molecule has 0 fully saturated rings. The Morgan fingerprint density at radius 1 is 0.868 bits per heavy atom. The Morgan fingerprint density at radius 2 is 1.58 bits per heavy atom. The van der Waals surface area contributed by atoms with Gasteiger partial charge in [-0.25, -0.2) is 0 Å². The molecule has 0 saturated heterocycles. The standard InChI is InChI=1S/C31H26N2O5/c1-19-8-10-20(11-9-19)16-17-32-27(34)15-12-21-4-2-5-22(18-21)28-30(35)24-7-3-6-23-26(33(37)38)14-13-25(29(23)24)31(28)36/h2-11,13-14,18,28H,12,15-17H2,1H3,(H,32,34). The molecular formula is C31H26N2O5. The summed E-state index contributed by atoms with van der Waals surface area (Å²) < 4.78 is 0. The third-order valence-corrected chi connectivity index (χ3v) is 7.05. The van der Waals surface area contributed by atoms with E-state index in [1.807, 2.05) is 13.0 Å². The van der Waals surface area contributed by atoms with E-state index in [4.69, 9.17) is 0 Å². The smallest absolute Gasteiger partial charge is 0.277 e. The van der Waals surface area contributed by atoms with Crippen LogP contribution >= 0.6 is 0 Å². The summed E-state index contributed by atoms with van der Waals surface area (Å²) in [4.78, 5) is 50.3. The summed E-state index contributed by atoms with van der Waals surface area (Å²) in [6.07, 6.45) is 1.51. The first-order valence-electron chi connectivity index (χ1n) is 12.5. The van der Waals surface area contributed by atoms with Gasteiger partial charge in [0, 0.05) is 35.5 Å². The largest absolute Gasteiger partial charge is 0.356 e. The molecule has 0 radical (unpaired) electrons. The van der Waals surface area contributed by atoms with Crippen LogP contribution in [0.4, 0.5) is 5.69 Å². The molecule has 38 heavy (non-hydrogen) atoms. The maximum Gasteiger partial charge on any atom is 0.277 e. The molecule has 4 aromatic carbocycles. The van der Waals surface area contributed by atoms with Gasteiger partial charge in [0.1, 0.15) is 5.92 Å². The number of hydrogen-bond donors (Lipinski definition) is 1. The molecule has 0 aliphatic heterocycles. The van der Waals surface area contributed by atoms with E-state index in [1.165, 1.54) is 17.7 Å². The highest BCUT2D eigenvalue weighted by Gasteiger charge is 2.38. The molecule has 0 bridgehead atoms. The van der Waals surface area contributed by atoms with Crippen LogP contribution in [-0.2, 0) is 17.6 Å². The van der Waals surface area contributed by atoms with Crippen LogP contribution in [0.15, 0.2) is 78.9 Å². The fourth-order valence-electron chi connectivity index (χ4n) is 5.07. The minimum atomic E-state index is -1.03. The molecule has 0 heterocycles. The van der Waals surface area contributed by atoms with Crippen LogP contribution in [0.2, 0.25) is 0 Å². The Bertz CT molecular complexity index is 1570. The summed E-state index contributed by atoms with van der Waals surface area (Å²) in [5, 5.41) is 15.1. The van der Waals surface area contributed by atoms with Gasteiger partial charge in [0.05, 0.1) is 10.3 Å². The monoisotopic (exact) mass is 506 g/mol. The van der Waals surface area contributed by atoms with Crippen molar-refractivity contribution in [3.05, 3.63) is 122 Å². The summed E-state index contributed by atoms with van der Waals surface area (Å²) >= 11 is 0. The first kappa shape index (κ1) is 25.0. The van der Waals surface area contributed by atoms with E-state index in [0.717, 1.165) is 17.5 Å². The van der Waals surface area contributed by atoms with Gasteiger partial charge >= 0.3 is 0 Å². The summed E-state index contributed by atoms with van der Waals surface area (Å²) in [6, 6.07) is 23.0. The van der Waals surface area contributed by atoms with Crippen molar-refractivity contribution in [1.82, 2.24) is 5.32 Å². The van der Waals surface area contributed by atoms with Crippen LogP contribution in [0.25, 0.3) is 10.8 Å². The number of nitrogens with zero attached hydrogens (tertiary/aromatic N) is 1. The third kappa shape index (κ3) is 4.83. The van der Waals surface area contributed by atoms with Crippen molar-refractivity contribution < 1.29 is 19.3 Å². The Morgan fingerprint density at radius 3 is 2.32 bits per heavy atom. The van der Waals surface area contributed by atoms with Crippen molar-refractivity contribution in [1.29, 1.82) is 0 Å². The van der Waals surface area contributed by atoms with Crippen LogP contribution in [0.3, 0.4) is 0 Å². The number of ketones is 2. The van der Waals surface area contributed by atoms with E-state index in [2.05, 4.69) is 29.6 Å². The molecule has 1 aliphatic rings. The summed E-state index contributed by atoms with van der Waals surface area (Å²) in [6.45, 7) is 2.59. The second-order valence-corrected chi connectivity index (χ2v) is 9.61. The SMILES string of the molecule is Cc1ccc(CCNC(=O)CCc2cccc(C3C(=O)c4cccc5c([N+](=O)[O-])ccc(c45)C3=O)c2)cc1. The summed E-state index contributed by atoms with van der Waals surface area (Å²) in [5.74, 6) is -1.84. The van der Waals surface area contributed by atoms with Crippen LogP contribution in [0, 0.1) is 17.0 Å². The number of hydrogen-bond acceptors (Lipinski definition) is 5. The van der Waals surface area contributed by atoms with Crippen LogP contribution in [-0.4, -0.2) is 28.9 Å². The molecule has 1 unspecified atom stereocenters. The molecule has 7 heteroatoms. The van der Waals surface area contributed by atoms with Gasteiger partial charge in [0.2, 0.25) is 5.91 Å². The Hall–Kier alpha value is -4.65. The predicted molar refractivity (Wildman–Crippen MR) is 145 cm³/mol. The van der Waals surface area contributed by atoms with E-state index in [0.29, 0.717) is 35.0 Å². The van der Waals surface area contributed by atoms with Gasteiger partial charge in [-0.2, -0.15) is 0 Å². The van der Waals surface area contributed by atoms with Crippen molar-refractivity contribution in [2.45, 2.75) is 32.1 Å². The van der Waals surface area contributed by atoms with Gasteiger partial charge in [0.25, 0.3) is 5.69 Å². The number of aryl methyl sites for hydroxylation is 2. The number of Topliss-reactive ketones (excluding diaryl/α,β-unsaturated/α-hetero) is 2. The molecule has 1 amide bonds. The molecule has 190 valence electrons. The molecule has 5 rings (SSSR count). The maximum absolute atomic E-state index is 13.5. The van der Waals surface area contributed by atoms with E-state index in [9.17, 15) is 24.5 Å². The molecule has 1 atom stereocenters. The number of benzene rings is 4. The van der Waals surface area contributed by atoms with Crippen LogP contribution < -0.4 is 5.32 Å². The molecule has 1 N–H and O–H groups in total. The van der Waals surface area contributed by atoms with E-state index in [-0.39, 0.29) is 35.0 Å². The minimum Gasteiger partial charge on any atom is -0.356 e. The molecule has 0 saturated carbocycles. The lowest BCUT2D eigenvalue weighted by Gasteiger charge is -2.23. The molecule has 7 nitrogen and oxygen atoms in total. The Labute approximate surface area is 219 Å². The van der Waals surface area contributed by atoms with Gasteiger partial charge < -0.3 is 5.32 Å². The minimum absolute atomic E-state index is 0.0606. The zero-order valence-electron chi connectivity index (χ0n) is 20.9. The van der Waals surface area contributed by atoms with Gasteiger partial charge in [-0.1, -0.05) is 66.2 Å². The van der Waals surface area contributed by atoms with E-state index in [1.54, 1.807) is 36.4 Å². The molecule has 4 aromatic rings. The lowest BCUT2D eigenvalue weighted by Crippen LogP contribution is -2.27. The topological polar surface area (TPSA) is 106 Å². The number of rotatable bonds is 8. The normalized spacial score (nSPS) is 14.5. The number of nitrogens with one attached hydrogen (secondary N) is 1. The molecule has 0 spiro atoms. The summed E-state index contributed by atoms with van der Waals surface area (Å²) in [7, 11) is 0. The van der Waals surface area contributed by atoms with E-state index < -0.39 is 10.8 Å². The maximum atomic E-state index is 13.5. The third-order valence-electron chi connectivity index (χ3n) is 7.05. The zero-order valence-corrected chi connectivity index (χ0v) is 20.9. The average molecular weight is 507 g/mol. The first-order valence-corrected chi connectivity index (χ1v) is 12.5. The van der Waals surface area contributed by atoms with Crippen molar-refractivity contribution in [2.75, 3.05) is 6.54 Å². The van der Waals surface area contributed by atoms with Crippen molar-refractivity contribution in [3.63, 3.8) is 0 Å². The number of non-ortho nitro benzene ring substituents is 1. The second-order valence-electron chi connectivity index (χ2n) is 9.61. The van der Waals surface area contributed by atoms with E-state index >= 15 is 0 Å². The van der Waals surface area contributed by atoms with Gasteiger partial charge in [-0.15, -0.1) is 0 Å². The van der Waals surface area contributed by atoms with Crippen LogP contribution in [0.1, 0.15) is 55.3 Å². The van der Waals surface area contributed by atoms with Gasteiger partial charge in [0.15, 0.2) is 11.6 Å². The quantitative estimate of drug-likeness (QED) is 0.193. The number of carbonyl (C=O) groups is 3. The fraction of sp³-hybridized carbons (Fsp3) is 0.194. The van der Waals surface area contributed by atoms with Gasteiger partial charge in [-0.05, 0) is 48.6 Å². The molecular weight excluding hydrogens is 480 g/mol. The number of nitro groups is 1. The lowest BCUT2D eigenvalue weighted by molar-refractivity contribution is -0.383. The zero-order chi connectivity index (χ0) is 26.8. The molecule has 1 aliphatic carbocycles. The fourth-order valence-corrected chi connectivity index (χ4v) is 5.07. The highest BCUT2D eigenvalue weighted by Crippen LogP contribution is 2.40. The van der Waals surface area contributed by atoms with Crippen molar-refractivity contribution in [2.24, 2.45) is 0 Å². The Kier molecular flexibility index (Phi) is 6.83.